The van der Waals surface area contributed by atoms with Crippen molar-refractivity contribution in [3.63, 3.8) is 0 Å². The zero-order valence-corrected chi connectivity index (χ0v) is 16.6. The molecule has 0 N–H and O–H groups in total. The molecular weight excluding hydrogens is 404 g/mol. The third-order valence-corrected chi connectivity index (χ3v) is 5.74. The predicted molar refractivity (Wildman–Crippen MR) is 109 cm³/mol. The van der Waals surface area contributed by atoms with Crippen LogP contribution in [0.3, 0.4) is 0 Å². The monoisotopic (exact) mass is 419 g/mol. The van der Waals surface area contributed by atoms with Crippen molar-refractivity contribution < 1.29 is 23.4 Å². The van der Waals surface area contributed by atoms with Gasteiger partial charge in [-0.15, -0.1) is 5.16 Å². The number of pyridine rings is 2. The highest BCUT2D eigenvalue weighted by Gasteiger charge is 2.35. The highest BCUT2D eigenvalue weighted by atomic mass is 19.1. The van der Waals surface area contributed by atoms with Crippen molar-refractivity contribution in [3.05, 3.63) is 62.2 Å². The van der Waals surface area contributed by atoms with Gasteiger partial charge in [-0.2, -0.15) is 0 Å². The van der Waals surface area contributed by atoms with E-state index in [-0.39, 0.29) is 18.7 Å². The highest BCUT2D eigenvalue weighted by Crippen LogP contribution is 2.38. The number of methoxy groups -OCH3 is 1. The number of cyclic esters (lactones) is 1. The Morgan fingerprint density at radius 2 is 2.13 bits per heavy atom. The molecule has 0 amide bonds. The third-order valence-electron chi connectivity index (χ3n) is 5.74. The van der Waals surface area contributed by atoms with Gasteiger partial charge in [0.05, 0.1) is 35.2 Å². The van der Waals surface area contributed by atoms with Crippen LogP contribution in [0, 0.1) is 12.7 Å². The maximum atomic E-state index is 14.3. The summed E-state index contributed by atoms with van der Waals surface area (Å²) in [5.41, 5.74) is 3.65. The molecule has 0 saturated heterocycles. The number of aryl methyl sites for hydroxylation is 1. The Hall–Kier alpha value is -3.53. The number of hydrogen-bond donors (Lipinski definition) is 0. The number of nitrogens with zero attached hydrogens (tertiary/aromatic N) is 3. The fourth-order valence-corrected chi connectivity index (χ4v) is 4.23. The van der Waals surface area contributed by atoms with Crippen LogP contribution in [-0.2, 0) is 32.2 Å². The van der Waals surface area contributed by atoms with Crippen LogP contribution in [0.25, 0.3) is 22.3 Å². The summed E-state index contributed by atoms with van der Waals surface area (Å²) in [6, 6.07) is 4.71. The summed E-state index contributed by atoms with van der Waals surface area (Å²) in [7, 11) is 6.44. The lowest BCUT2D eigenvalue weighted by Crippen LogP contribution is -2.33. The predicted octanol–water partition coefficient (Wildman–Crippen LogP) is 2.05. The number of hydrogen-bond acceptors (Lipinski definition) is 7. The molecule has 2 radical (unpaired) electrons. The number of rotatable bonds is 3. The van der Waals surface area contributed by atoms with E-state index in [2.05, 4.69) is 14.9 Å². The van der Waals surface area contributed by atoms with Gasteiger partial charge >= 0.3 is 14.0 Å². The van der Waals surface area contributed by atoms with Crippen LogP contribution in [0.2, 0.25) is 0 Å². The maximum absolute atomic E-state index is 14.3. The van der Waals surface area contributed by atoms with Crippen LogP contribution >= 0.6 is 0 Å². The topological polar surface area (TPSA) is 92.0 Å². The number of benzene rings is 1. The van der Waals surface area contributed by atoms with E-state index in [1.54, 1.807) is 23.6 Å². The van der Waals surface area contributed by atoms with Gasteiger partial charge in [0, 0.05) is 35.3 Å². The molecule has 4 heterocycles. The lowest BCUT2D eigenvalue weighted by molar-refractivity contribution is -0.159. The summed E-state index contributed by atoms with van der Waals surface area (Å²) in [4.78, 5) is 30.0. The largest absolute Gasteiger partial charge is 0.481 e. The zero-order chi connectivity index (χ0) is 21.9. The maximum Gasteiger partial charge on any atom is 0.420 e. The minimum absolute atomic E-state index is 0.126. The molecule has 0 unspecified atom stereocenters. The zero-order valence-electron chi connectivity index (χ0n) is 16.6. The van der Waals surface area contributed by atoms with Gasteiger partial charge in [0.15, 0.2) is 6.10 Å². The van der Waals surface area contributed by atoms with Crippen LogP contribution in [0.4, 0.5) is 4.39 Å². The SMILES string of the molecule is [B]O/N=C/c1c2c(nc3cc(F)c(C)cc13)-c1cc3c(c(=O)n1C2)COC(=O)[C@H]3OC. The first-order valence-corrected chi connectivity index (χ1v) is 9.43. The van der Waals surface area contributed by atoms with E-state index in [0.717, 1.165) is 0 Å². The molecule has 3 aromatic rings. The summed E-state index contributed by atoms with van der Waals surface area (Å²) in [5.74, 6) is -0.963. The quantitative estimate of drug-likeness (QED) is 0.219. The molecular formula is C21H15BFN3O5. The highest BCUT2D eigenvalue weighted by molar-refractivity contribution is 6.03. The second kappa shape index (κ2) is 7.02. The Bertz CT molecular complexity index is 1370. The van der Waals surface area contributed by atoms with E-state index in [1.807, 2.05) is 0 Å². The van der Waals surface area contributed by atoms with E-state index < -0.39 is 17.9 Å². The minimum Gasteiger partial charge on any atom is -0.481 e. The van der Waals surface area contributed by atoms with Crippen molar-refractivity contribution in [1.29, 1.82) is 0 Å². The number of carbonyl (C=O) groups is 1. The Morgan fingerprint density at radius 1 is 1.32 bits per heavy atom. The first-order valence-electron chi connectivity index (χ1n) is 9.43. The number of aromatic nitrogens is 2. The lowest BCUT2D eigenvalue weighted by Gasteiger charge is -2.24. The average Bonchev–Trinajstić information content (AvgIpc) is 3.11. The van der Waals surface area contributed by atoms with E-state index in [9.17, 15) is 14.0 Å². The number of halogens is 1. The van der Waals surface area contributed by atoms with Gasteiger partial charge in [-0.3, -0.25) is 4.79 Å². The molecule has 0 aliphatic carbocycles. The molecule has 154 valence electrons. The number of carbonyl (C=O) groups excluding carboxylic acids is 1. The first-order chi connectivity index (χ1) is 14.9. The van der Waals surface area contributed by atoms with Crippen molar-refractivity contribution in [3.8, 4) is 11.4 Å². The molecule has 31 heavy (non-hydrogen) atoms. The summed E-state index contributed by atoms with van der Waals surface area (Å²) in [6.45, 7) is 1.74. The van der Waals surface area contributed by atoms with Gasteiger partial charge in [0.25, 0.3) is 5.56 Å². The minimum atomic E-state index is -1.00. The molecule has 8 nitrogen and oxygen atoms in total. The van der Waals surface area contributed by atoms with Crippen LogP contribution < -0.4 is 5.56 Å². The van der Waals surface area contributed by atoms with Crippen molar-refractivity contribution in [2.45, 2.75) is 26.2 Å². The Kier molecular flexibility index (Phi) is 4.40. The first kappa shape index (κ1) is 19.4. The van der Waals surface area contributed by atoms with E-state index in [1.165, 1.54) is 19.4 Å². The van der Waals surface area contributed by atoms with Gasteiger partial charge < -0.3 is 18.8 Å². The third kappa shape index (κ3) is 2.78. The van der Waals surface area contributed by atoms with Gasteiger partial charge in [-0.1, -0.05) is 0 Å². The molecule has 2 aliphatic rings. The summed E-state index contributed by atoms with van der Waals surface area (Å²) in [6.07, 6.45) is 0.417. The van der Waals surface area contributed by atoms with Crippen molar-refractivity contribution >= 4 is 31.1 Å². The van der Waals surface area contributed by atoms with Gasteiger partial charge in [0.2, 0.25) is 0 Å². The van der Waals surface area contributed by atoms with Crippen LogP contribution in [0.5, 0.6) is 0 Å². The molecule has 2 aliphatic heterocycles. The number of esters is 1. The smallest absolute Gasteiger partial charge is 0.420 e. The fraction of sp³-hybridized carbons (Fsp3) is 0.238. The van der Waals surface area contributed by atoms with Crippen LogP contribution in [-0.4, -0.2) is 36.9 Å². The molecule has 0 bridgehead atoms. The van der Waals surface area contributed by atoms with Crippen molar-refractivity contribution in [2.24, 2.45) is 5.16 Å². The van der Waals surface area contributed by atoms with E-state index in [0.29, 0.717) is 50.1 Å². The molecule has 10 heteroatoms. The second-order valence-electron chi connectivity index (χ2n) is 7.39. The van der Waals surface area contributed by atoms with Gasteiger partial charge in [-0.05, 0) is 24.6 Å². The average molecular weight is 419 g/mol. The van der Waals surface area contributed by atoms with Crippen molar-refractivity contribution in [2.75, 3.05) is 7.11 Å². The standard InChI is InChI=1S/C21H15BFN3O5/c1-9-3-10-12(6-24-31-22)13-7-26-17(18(13)25-16(10)5-15(9)23)4-11-14(20(26)27)8-30-21(28)19(11)29-2/h3-6,19H,7-8H2,1-2H3/b24-6+/t19-/m0/s1. The van der Waals surface area contributed by atoms with Crippen LogP contribution in [0.1, 0.15) is 33.9 Å². The summed E-state index contributed by atoms with van der Waals surface area (Å²) >= 11 is 0. The summed E-state index contributed by atoms with van der Waals surface area (Å²) in [5, 5.41) is 4.33. The molecule has 1 atom stereocenters. The Balaban J connectivity index is 1.83. The Labute approximate surface area is 176 Å². The molecule has 0 spiro atoms. The van der Waals surface area contributed by atoms with Crippen molar-refractivity contribution in [1.82, 2.24) is 9.55 Å². The Morgan fingerprint density at radius 3 is 2.87 bits per heavy atom. The molecule has 0 saturated carbocycles. The van der Waals surface area contributed by atoms with Gasteiger partial charge in [0.1, 0.15) is 12.4 Å². The molecule has 0 fully saturated rings. The number of fused-ring (bicyclic) bond motifs is 5. The number of ether oxygens (including phenoxy) is 2. The molecule has 1 aromatic carbocycles. The normalized spacial score (nSPS) is 16.9. The second-order valence-corrected chi connectivity index (χ2v) is 7.39. The van der Waals surface area contributed by atoms with E-state index >= 15 is 0 Å². The fourth-order valence-electron chi connectivity index (χ4n) is 4.23. The molecule has 2 aromatic heterocycles. The summed E-state index contributed by atoms with van der Waals surface area (Å²) < 4.78 is 30.6. The number of oxime groups is 1. The van der Waals surface area contributed by atoms with Crippen LogP contribution in [0.15, 0.2) is 28.1 Å². The lowest BCUT2D eigenvalue weighted by atomic mass is 9.98. The van der Waals surface area contributed by atoms with Gasteiger partial charge in [-0.25, -0.2) is 14.2 Å². The van der Waals surface area contributed by atoms with E-state index in [4.69, 9.17) is 17.5 Å². The molecule has 5 rings (SSSR count).